The van der Waals surface area contributed by atoms with Crippen LogP contribution in [0.5, 0.6) is 0 Å². The predicted octanol–water partition coefficient (Wildman–Crippen LogP) is 3.35. The molecule has 0 fully saturated rings. The molecule has 0 atom stereocenters. The van der Waals surface area contributed by atoms with Gasteiger partial charge < -0.3 is 10.7 Å². The number of hydrogen-bond donors (Lipinski definition) is 2. The Morgan fingerprint density at radius 1 is 1.12 bits per heavy atom. The van der Waals surface area contributed by atoms with Crippen molar-refractivity contribution in [3.05, 3.63) is 33.4 Å². The van der Waals surface area contributed by atoms with Crippen molar-refractivity contribution >= 4 is 21.9 Å². The van der Waals surface area contributed by atoms with Crippen molar-refractivity contribution in [2.45, 2.75) is 20.8 Å². The average Bonchev–Trinajstić information content (AvgIpc) is 2.51. The lowest BCUT2D eigenvalue weighted by Crippen LogP contribution is -1.90. The summed E-state index contributed by atoms with van der Waals surface area (Å²) in [5.74, 6) is 0.430. The smallest absolute Gasteiger partial charge is 0.198 e. The van der Waals surface area contributed by atoms with Gasteiger partial charge in [0.2, 0.25) is 0 Å². The Morgan fingerprint density at radius 3 is 2.31 bits per heavy atom. The zero-order valence-corrected chi connectivity index (χ0v) is 11.1. The molecular formula is C12H14BrN3. The molecule has 0 spiro atoms. The number of anilines is 1. The third-order valence-electron chi connectivity index (χ3n) is 2.77. The summed E-state index contributed by atoms with van der Waals surface area (Å²) in [6.07, 6.45) is 0. The Morgan fingerprint density at radius 2 is 1.75 bits per heavy atom. The van der Waals surface area contributed by atoms with Gasteiger partial charge in [-0.05, 0) is 59.5 Å². The summed E-state index contributed by atoms with van der Waals surface area (Å²) < 4.78 is 0.830. The molecule has 1 aromatic carbocycles. The van der Waals surface area contributed by atoms with Gasteiger partial charge in [0.15, 0.2) is 5.95 Å². The van der Waals surface area contributed by atoms with Gasteiger partial charge in [-0.2, -0.15) is 0 Å². The summed E-state index contributed by atoms with van der Waals surface area (Å²) in [5.41, 5.74) is 11.4. The fourth-order valence-electron chi connectivity index (χ4n) is 1.76. The summed E-state index contributed by atoms with van der Waals surface area (Å²) in [7, 11) is 0. The Balaban J connectivity index is 2.64. The fraction of sp³-hybridized carbons (Fsp3) is 0.250. The molecule has 2 aromatic rings. The van der Waals surface area contributed by atoms with Gasteiger partial charge in [-0.1, -0.05) is 6.07 Å². The van der Waals surface area contributed by atoms with Crippen molar-refractivity contribution in [3.63, 3.8) is 0 Å². The predicted molar refractivity (Wildman–Crippen MR) is 70.3 cm³/mol. The molecule has 0 radical (unpaired) electrons. The van der Waals surface area contributed by atoms with E-state index in [0.29, 0.717) is 5.95 Å². The number of rotatable bonds is 1. The minimum Gasteiger partial charge on any atom is -0.369 e. The van der Waals surface area contributed by atoms with E-state index in [4.69, 9.17) is 5.73 Å². The van der Waals surface area contributed by atoms with Gasteiger partial charge in [-0.25, -0.2) is 4.98 Å². The van der Waals surface area contributed by atoms with Crippen LogP contribution in [0.1, 0.15) is 16.7 Å². The normalized spacial score (nSPS) is 10.8. The lowest BCUT2D eigenvalue weighted by molar-refractivity contribution is 1.28. The first-order chi connectivity index (χ1) is 7.49. The number of nitrogen functional groups attached to an aromatic ring is 1. The minimum absolute atomic E-state index is 0.430. The van der Waals surface area contributed by atoms with Crippen LogP contribution in [0.15, 0.2) is 16.7 Å². The van der Waals surface area contributed by atoms with E-state index in [9.17, 15) is 0 Å². The molecule has 0 unspecified atom stereocenters. The fourth-order valence-corrected chi connectivity index (χ4v) is 2.27. The average molecular weight is 280 g/mol. The Hall–Kier alpha value is -1.29. The molecule has 0 aliphatic carbocycles. The number of aromatic amines is 1. The lowest BCUT2D eigenvalue weighted by Gasteiger charge is -2.08. The van der Waals surface area contributed by atoms with Crippen LogP contribution in [-0.4, -0.2) is 9.97 Å². The Kier molecular flexibility index (Phi) is 2.76. The second-order valence-corrected chi connectivity index (χ2v) is 4.83. The highest BCUT2D eigenvalue weighted by Gasteiger charge is 2.12. The number of halogens is 1. The third kappa shape index (κ3) is 1.85. The lowest BCUT2D eigenvalue weighted by atomic mass is 9.99. The number of H-pyrrole nitrogens is 1. The molecule has 0 saturated heterocycles. The molecule has 3 N–H and O–H groups in total. The van der Waals surface area contributed by atoms with Gasteiger partial charge in [0, 0.05) is 5.56 Å². The minimum atomic E-state index is 0.430. The van der Waals surface area contributed by atoms with Crippen LogP contribution >= 0.6 is 15.9 Å². The summed E-state index contributed by atoms with van der Waals surface area (Å²) in [5, 5.41) is 0. The number of nitrogens with one attached hydrogen (secondary N) is 1. The number of aromatic nitrogens is 2. The molecule has 2 rings (SSSR count). The summed E-state index contributed by atoms with van der Waals surface area (Å²) >= 11 is 3.43. The maximum atomic E-state index is 5.64. The van der Waals surface area contributed by atoms with Crippen LogP contribution in [0, 0.1) is 20.8 Å². The highest BCUT2D eigenvalue weighted by atomic mass is 79.9. The van der Waals surface area contributed by atoms with E-state index in [1.54, 1.807) is 0 Å². The molecule has 0 aliphatic heterocycles. The number of hydrogen-bond acceptors (Lipinski definition) is 2. The molecule has 84 valence electrons. The van der Waals surface area contributed by atoms with Crippen LogP contribution < -0.4 is 5.73 Å². The van der Waals surface area contributed by atoms with Crippen LogP contribution in [-0.2, 0) is 0 Å². The van der Waals surface area contributed by atoms with Gasteiger partial charge in [0.25, 0.3) is 0 Å². The first kappa shape index (κ1) is 11.2. The number of benzene rings is 1. The molecular weight excluding hydrogens is 266 g/mol. The molecule has 1 heterocycles. The van der Waals surface area contributed by atoms with Crippen molar-refractivity contribution in [1.82, 2.24) is 9.97 Å². The van der Waals surface area contributed by atoms with Crippen molar-refractivity contribution in [2.75, 3.05) is 5.73 Å². The summed E-state index contributed by atoms with van der Waals surface area (Å²) in [6, 6.07) is 4.31. The van der Waals surface area contributed by atoms with E-state index in [2.05, 4.69) is 58.8 Å². The van der Waals surface area contributed by atoms with E-state index in [1.165, 1.54) is 16.7 Å². The van der Waals surface area contributed by atoms with Crippen LogP contribution in [0.4, 0.5) is 5.95 Å². The SMILES string of the molecule is Cc1cc(C)c(-c2nc(N)[nH]c2Br)cc1C. The maximum absolute atomic E-state index is 5.64. The second kappa shape index (κ2) is 3.94. The largest absolute Gasteiger partial charge is 0.369 e. The molecule has 16 heavy (non-hydrogen) atoms. The van der Waals surface area contributed by atoms with Crippen molar-refractivity contribution in [2.24, 2.45) is 0 Å². The van der Waals surface area contributed by atoms with Crippen LogP contribution in [0.25, 0.3) is 11.3 Å². The first-order valence-electron chi connectivity index (χ1n) is 5.08. The summed E-state index contributed by atoms with van der Waals surface area (Å²) in [4.78, 5) is 7.24. The van der Waals surface area contributed by atoms with Crippen molar-refractivity contribution in [3.8, 4) is 11.3 Å². The van der Waals surface area contributed by atoms with Gasteiger partial charge in [0.05, 0.1) is 0 Å². The van der Waals surface area contributed by atoms with Crippen molar-refractivity contribution < 1.29 is 0 Å². The zero-order valence-electron chi connectivity index (χ0n) is 9.56. The van der Waals surface area contributed by atoms with E-state index < -0.39 is 0 Å². The van der Waals surface area contributed by atoms with Gasteiger partial charge in [-0.3, -0.25) is 0 Å². The first-order valence-corrected chi connectivity index (χ1v) is 5.87. The molecule has 1 aromatic heterocycles. The highest BCUT2D eigenvalue weighted by molar-refractivity contribution is 9.10. The van der Waals surface area contributed by atoms with E-state index in [-0.39, 0.29) is 0 Å². The Labute approximate surface area is 103 Å². The van der Waals surface area contributed by atoms with Crippen LogP contribution in [0.2, 0.25) is 0 Å². The molecule has 0 aliphatic rings. The zero-order chi connectivity index (χ0) is 11.9. The number of nitrogens with zero attached hydrogens (tertiary/aromatic N) is 1. The van der Waals surface area contributed by atoms with E-state index >= 15 is 0 Å². The standard InChI is InChI=1S/C12H14BrN3/c1-6-4-8(3)9(5-7(6)2)10-11(13)16-12(14)15-10/h4-5H,1-3H3,(H3,14,15,16). The van der Waals surface area contributed by atoms with Gasteiger partial charge >= 0.3 is 0 Å². The monoisotopic (exact) mass is 279 g/mol. The highest BCUT2D eigenvalue weighted by Crippen LogP contribution is 2.30. The van der Waals surface area contributed by atoms with Gasteiger partial charge in [-0.15, -0.1) is 0 Å². The Bertz CT molecular complexity index is 543. The number of nitrogens with two attached hydrogens (primary N) is 1. The topological polar surface area (TPSA) is 54.7 Å². The second-order valence-electron chi connectivity index (χ2n) is 4.04. The van der Waals surface area contributed by atoms with Crippen molar-refractivity contribution in [1.29, 1.82) is 0 Å². The van der Waals surface area contributed by atoms with E-state index in [1.807, 2.05) is 0 Å². The molecule has 4 heteroatoms. The molecule has 0 amide bonds. The summed E-state index contributed by atoms with van der Waals surface area (Å²) in [6.45, 7) is 6.29. The van der Waals surface area contributed by atoms with Crippen LogP contribution in [0.3, 0.4) is 0 Å². The number of aryl methyl sites for hydroxylation is 3. The molecule has 0 saturated carbocycles. The molecule has 0 bridgehead atoms. The maximum Gasteiger partial charge on any atom is 0.198 e. The van der Waals surface area contributed by atoms with E-state index in [0.717, 1.165) is 15.9 Å². The molecule has 3 nitrogen and oxygen atoms in total. The third-order valence-corrected chi connectivity index (χ3v) is 3.35. The van der Waals surface area contributed by atoms with Gasteiger partial charge in [0.1, 0.15) is 10.3 Å². The quantitative estimate of drug-likeness (QED) is 0.841. The number of imidazole rings is 1.